The SMILES string of the molecule is CCC(C)C(N)C(=O)N1CCCN1C(=O)Nc1nccc(C)c1[N+](=O)[O-].Cl. The van der Waals surface area contributed by atoms with Crippen LogP contribution in [0.4, 0.5) is 16.3 Å². The van der Waals surface area contributed by atoms with Crippen molar-refractivity contribution in [1.29, 1.82) is 0 Å². The zero-order valence-corrected chi connectivity index (χ0v) is 16.4. The van der Waals surface area contributed by atoms with Crippen molar-refractivity contribution < 1.29 is 14.5 Å². The van der Waals surface area contributed by atoms with Crippen LogP contribution in [0.25, 0.3) is 0 Å². The van der Waals surface area contributed by atoms with Gasteiger partial charge >= 0.3 is 11.7 Å². The highest BCUT2D eigenvalue weighted by Gasteiger charge is 2.35. The standard InChI is InChI=1S/C16H24N6O4.ClH/c1-4-10(2)12(17)15(23)20-8-5-9-21(20)16(24)19-14-13(22(25)26)11(3)6-7-18-14;/h6-7,10,12H,4-5,8-9,17H2,1-3H3,(H,18,19,24);1H. The number of carbonyl (C=O) groups is 2. The maximum atomic E-state index is 12.6. The van der Waals surface area contributed by atoms with Gasteiger partial charge in [0.25, 0.3) is 5.91 Å². The number of amides is 3. The summed E-state index contributed by atoms with van der Waals surface area (Å²) in [6.45, 7) is 6.08. The molecule has 1 aliphatic rings. The minimum atomic E-state index is -0.708. The Labute approximate surface area is 163 Å². The van der Waals surface area contributed by atoms with Gasteiger partial charge in [-0.15, -0.1) is 12.4 Å². The molecule has 27 heavy (non-hydrogen) atoms. The third-order valence-electron chi connectivity index (χ3n) is 4.60. The number of urea groups is 1. The van der Waals surface area contributed by atoms with Gasteiger partial charge in [-0.3, -0.25) is 20.2 Å². The van der Waals surface area contributed by atoms with Crippen molar-refractivity contribution >= 4 is 35.9 Å². The molecule has 1 aliphatic heterocycles. The maximum Gasteiger partial charge on any atom is 0.342 e. The highest BCUT2D eigenvalue weighted by molar-refractivity contribution is 5.93. The van der Waals surface area contributed by atoms with Gasteiger partial charge in [0.1, 0.15) is 0 Å². The summed E-state index contributed by atoms with van der Waals surface area (Å²) >= 11 is 0. The second-order valence-electron chi connectivity index (χ2n) is 6.36. The number of carbonyl (C=O) groups excluding carboxylic acids is 2. The molecule has 1 aromatic rings. The molecule has 150 valence electrons. The number of nitro groups is 1. The van der Waals surface area contributed by atoms with Crippen LogP contribution in [0.15, 0.2) is 12.3 Å². The molecule has 11 heteroatoms. The first-order valence-electron chi connectivity index (χ1n) is 8.53. The fourth-order valence-electron chi connectivity index (χ4n) is 2.76. The molecule has 0 spiro atoms. The second kappa shape index (κ2) is 9.47. The summed E-state index contributed by atoms with van der Waals surface area (Å²) in [4.78, 5) is 39.7. The lowest BCUT2D eigenvalue weighted by molar-refractivity contribution is -0.384. The van der Waals surface area contributed by atoms with E-state index in [-0.39, 0.29) is 35.7 Å². The van der Waals surface area contributed by atoms with Crippen molar-refractivity contribution in [1.82, 2.24) is 15.0 Å². The molecule has 10 nitrogen and oxygen atoms in total. The molecular weight excluding hydrogens is 376 g/mol. The molecule has 0 aliphatic carbocycles. The van der Waals surface area contributed by atoms with E-state index in [1.54, 1.807) is 6.92 Å². The van der Waals surface area contributed by atoms with E-state index in [0.717, 1.165) is 6.42 Å². The van der Waals surface area contributed by atoms with E-state index in [1.165, 1.54) is 22.3 Å². The predicted molar refractivity (Wildman–Crippen MR) is 102 cm³/mol. The van der Waals surface area contributed by atoms with Crippen LogP contribution in [0.3, 0.4) is 0 Å². The van der Waals surface area contributed by atoms with E-state index in [1.807, 2.05) is 13.8 Å². The number of hydrogen-bond acceptors (Lipinski definition) is 6. The monoisotopic (exact) mass is 400 g/mol. The van der Waals surface area contributed by atoms with Crippen molar-refractivity contribution in [2.45, 2.75) is 39.7 Å². The predicted octanol–water partition coefficient (Wildman–Crippen LogP) is 2.07. The zero-order valence-electron chi connectivity index (χ0n) is 15.5. The zero-order chi connectivity index (χ0) is 19.4. The van der Waals surface area contributed by atoms with Gasteiger partial charge in [-0.25, -0.2) is 19.8 Å². The largest absolute Gasteiger partial charge is 0.342 e. The second-order valence-corrected chi connectivity index (χ2v) is 6.36. The Morgan fingerprint density at radius 1 is 1.41 bits per heavy atom. The van der Waals surface area contributed by atoms with Gasteiger partial charge in [0.2, 0.25) is 5.82 Å². The lowest BCUT2D eigenvalue weighted by Gasteiger charge is -2.31. The quantitative estimate of drug-likeness (QED) is 0.573. The summed E-state index contributed by atoms with van der Waals surface area (Å²) in [6.07, 6.45) is 2.73. The molecule has 2 atom stereocenters. The van der Waals surface area contributed by atoms with E-state index >= 15 is 0 Å². The third-order valence-corrected chi connectivity index (χ3v) is 4.60. The Hall–Kier alpha value is -2.46. The number of aryl methyl sites for hydroxylation is 1. The average Bonchev–Trinajstić information content (AvgIpc) is 3.09. The maximum absolute atomic E-state index is 12.6. The molecule has 2 heterocycles. The van der Waals surface area contributed by atoms with Crippen LogP contribution in [0.1, 0.15) is 32.3 Å². The van der Waals surface area contributed by atoms with Crippen molar-refractivity contribution in [3.63, 3.8) is 0 Å². The van der Waals surface area contributed by atoms with Gasteiger partial charge in [0.15, 0.2) is 0 Å². The lowest BCUT2D eigenvalue weighted by Crippen LogP contribution is -2.53. The van der Waals surface area contributed by atoms with Crippen LogP contribution in [-0.2, 0) is 4.79 Å². The van der Waals surface area contributed by atoms with Crippen molar-refractivity contribution in [3.8, 4) is 0 Å². The number of nitrogens with one attached hydrogen (secondary N) is 1. The molecule has 3 amide bonds. The summed E-state index contributed by atoms with van der Waals surface area (Å²) in [6, 6.07) is 0.137. The number of anilines is 1. The molecule has 0 aromatic carbocycles. The number of hydrazine groups is 1. The number of rotatable bonds is 5. The van der Waals surface area contributed by atoms with Crippen LogP contribution in [-0.4, -0.2) is 51.0 Å². The van der Waals surface area contributed by atoms with Gasteiger partial charge in [0.05, 0.1) is 11.0 Å². The van der Waals surface area contributed by atoms with E-state index in [0.29, 0.717) is 25.1 Å². The Morgan fingerprint density at radius 3 is 2.63 bits per heavy atom. The minimum Gasteiger partial charge on any atom is -0.320 e. The Morgan fingerprint density at radius 2 is 2.04 bits per heavy atom. The normalized spacial score (nSPS) is 15.7. The summed E-state index contributed by atoms with van der Waals surface area (Å²) in [5.74, 6) is -0.503. The molecule has 2 unspecified atom stereocenters. The van der Waals surface area contributed by atoms with Crippen LogP contribution in [0.2, 0.25) is 0 Å². The summed E-state index contributed by atoms with van der Waals surface area (Å²) < 4.78 is 0. The van der Waals surface area contributed by atoms with Crippen LogP contribution in [0.5, 0.6) is 0 Å². The number of aromatic nitrogens is 1. The molecule has 1 fully saturated rings. The molecule has 0 bridgehead atoms. The van der Waals surface area contributed by atoms with E-state index in [2.05, 4.69) is 10.3 Å². The molecule has 0 saturated carbocycles. The Bertz CT molecular complexity index is 716. The molecule has 3 N–H and O–H groups in total. The van der Waals surface area contributed by atoms with Gasteiger partial charge in [-0.05, 0) is 25.3 Å². The molecule has 1 aromatic heterocycles. The van der Waals surface area contributed by atoms with E-state index < -0.39 is 17.0 Å². The number of nitrogens with zero attached hydrogens (tertiary/aromatic N) is 4. The summed E-state index contributed by atoms with van der Waals surface area (Å²) in [7, 11) is 0. The third kappa shape index (κ3) is 4.83. The first kappa shape index (κ1) is 22.6. The fourth-order valence-corrected chi connectivity index (χ4v) is 2.76. The number of nitrogens with two attached hydrogens (primary N) is 1. The van der Waals surface area contributed by atoms with Crippen molar-refractivity contribution in [2.75, 3.05) is 18.4 Å². The van der Waals surface area contributed by atoms with Crippen LogP contribution >= 0.6 is 12.4 Å². The van der Waals surface area contributed by atoms with Gasteiger partial charge < -0.3 is 5.73 Å². The molecule has 1 saturated heterocycles. The van der Waals surface area contributed by atoms with Gasteiger partial charge in [0, 0.05) is 24.8 Å². The highest BCUT2D eigenvalue weighted by Crippen LogP contribution is 2.26. The number of pyridine rings is 1. The molecular formula is C16H25ClN6O4. The van der Waals surface area contributed by atoms with Crippen molar-refractivity contribution in [3.05, 3.63) is 27.9 Å². The molecule has 0 radical (unpaired) electrons. The highest BCUT2D eigenvalue weighted by atomic mass is 35.5. The average molecular weight is 401 g/mol. The van der Waals surface area contributed by atoms with Crippen LogP contribution < -0.4 is 11.1 Å². The first-order valence-corrected chi connectivity index (χ1v) is 8.53. The van der Waals surface area contributed by atoms with Crippen molar-refractivity contribution in [2.24, 2.45) is 11.7 Å². The topological polar surface area (TPSA) is 135 Å². The van der Waals surface area contributed by atoms with Crippen LogP contribution in [0, 0.1) is 23.0 Å². The smallest absolute Gasteiger partial charge is 0.320 e. The Balaban J connectivity index is 0.00000364. The number of halogens is 1. The van der Waals surface area contributed by atoms with Gasteiger partial charge in [-0.2, -0.15) is 0 Å². The number of hydrogen-bond donors (Lipinski definition) is 2. The van der Waals surface area contributed by atoms with Gasteiger partial charge in [-0.1, -0.05) is 20.3 Å². The summed E-state index contributed by atoms with van der Waals surface area (Å²) in [5.41, 5.74) is 6.11. The van der Waals surface area contributed by atoms with E-state index in [4.69, 9.17) is 5.73 Å². The van der Waals surface area contributed by atoms with E-state index in [9.17, 15) is 19.7 Å². The lowest BCUT2D eigenvalue weighted by atomic mass is 9.99. The molecule has 2 rings (SSSR count). The first-order chi connectivity index (χ1) is 12.3. The Kier molecular flexibility index (Phi) is 7.92. The fraction of sp³-hybridized carbons (Fsp3) is 0.562. The minimum absolute atomic E-state index is 0. The summed E-state index contributed by atoms with van der Waals surface area (Å²) in [5, 5.41) is 16.2.